The molecule has 3 aromatic heterocycles. The average molecular weight is 299 g/mol. The van der Waals surface area contributed by atoms with E-state index in [-0.39, 0.29) is 11.9 Å². The molecular weight excluding hydrogens is 286 g/mol. The highest BCUT2D eigenvalue weighted by Crippen LogP contribution is 2.41. The van der Waals surface area contributed by atoms with Crippen LogP contribution in [0.2, 0.25) is 0 Å². The Bertz CT molecular complexity index is 778. The van der Waals surface area contributed by atoms with Gasteiger partial charge in [-0.15, -0.1) is 11.3 Å². The highest BCUT2D eigenvalue weighted by atomic mass is 32.1. The monoisotopic (exact) mass is 299 g/mol. The van der Waals surface area contributed by atoms with E-state index in [0.29, 0.717) is 17.3 Å². The molecule has 6 nitrogen and oxygen atoms in total. The van der Waals surface area contributed by atoms with Crippen molar-refractivity contribution in [2.45, 2.75) is 18.9 Å². The normalized spacial score (nSPS) is 16.0. The van der Waals surface area contributed by atoms with Crippen molar-refractivity contribution in [2.24, 2.45) is 5.92 Å². The predicted molar refractivity (Wildman–Crippen MR) is 78.0 cm³/mol. The van der Waals surface area contributed by atoms with E-state index in [0.717, 1.165) is 17.8 Å². The molecule has 1 N–H and O–H groups in total. The molecule has 3 heterocycles. The van der Waals surface area contributed by atoms with Gasteiger partial charge in [-0.25, -0.2) is 15.0 Å². The van der Waals surface area contributed by atoms with Crippen molar-refractivity contribution < 1.29 is 4.79 Å². The van der Waals surface area contributed by atoms with Crippen LogP contribution in [0.15, 0.2) is 36.4 Å². The molecule has 1 fully saturated rings. The summed E-state index contributed by atoms with van der Waals surface area (Å²) >= 11 is 1.57. The molecule has 1 amide bonds. The van der Waals surface area contributed by atoms with Crippen LogP contribution in [0.25, 0.3) is 5.65 Å². The Hall–Kier alpha value is -2.28. The quantitative estimate of drug-likeness (QED) is 0.800. The SMILES string of the molecule is O=C(N[C@H](c1nccs1)C1CC1)c1nccn2ccnc12. The topological polar surface area (TPSA) is 72.2 Å². The fourth-order valence-corrected chi connectivity index (χ4v) is 3.20. The van der Waals surface area contributed by atoms with Crippen molar-refractivity contribution >= 4 is 22.9 Å². The second kappa shape index (κ2) is 4.92. The van der Waals surface area contributed by atoms with Gasteiger partial charge in [0.05, 0.1) is 6.04 Å². The average Bonchev–Trinajstić information content (AvgIpc) is 3.01. The van der Waals surface area contributed by atoms with Gasteiger partial charge in [-0.1, -0.05) is 0 Å². The van der Waals surface area contributed by atoms with Gasteiger partial charge < -0.3 is 9.72 Å². The summed E-state index contributed by atoms with van der Waals surface area (Å²) in [4.78, 5) is 25.3. The maximum atomic E-state index is 12.5. The molecule has 1 aliphatic carbocycles. The summed E-state index contributed by atoms with van der Waals surface area (Å²) in [6.45, 7) is 0. The summed E-state index contributed by atoms with van der Waals surface area (Å²) in [5.41, 5.74) is 0.924. The maximum absolute atomic E-state index is 12.5. The van der Waals surface area contributed by atoms with E-state index in [9.17, 15) is 4.79 Å². The fraction of sp³-hybridized carbons (Fsp3) is 0.286. The van der Waals surface area contributed by atoms with Gasteiger partial charge in [-0.3, -0.25) is 4.79 Å². The summed E-state index contributed by atoms with van der Waals surface area (Å²) < 4.78 is 1.79. The molecule has 0 aliphatic heterocycles. The first kappa shape index (κ1) is 12.5. The number of hydrogen-bond donors (Lipinski definition) is 1. The number of hydrogen-bond acceptors (Lipinski definition) is 5. The third-order valence-electron chi connectivity index (χ3n) is 3.62. The van der Waals surface area contributed by atoms with Crippen LogP contribution in [0.4, 0.5) is 0 Å². The van der Waals surface area contributed by atoms with Crippen molar-refractivity contribution in [3.63, 3.8) is 0 Å². The maximum Gasteiger partial charge on any atom is 0.274 e. The van der Waals surface area contributed by atoms with Gasteiger partial charge in [0.25, 0.3) is 5.91 Å². The minimum absolute atomic E-state index is 0.0190. The van der Waals surface area contributed by atoms with Gasteiger partial charge in [0.2, 0.25) is 0 Å². The molecule has 106 valence electrons. The van der Waals surface area contributed by atoms with Crippen molar-refractivity contribution in [2.75, 3.05) is 0 Å². The molecule has 0 radical (unpaired) electrons. The van der Waals surface area contributed by atoms with Gasteiger partial charge in [0.15, 0.2) is 11.3 Å². The molecule has 1 saturated carbocycles. The van der Waals surface area contributed by atoms with Gasteiger partial charge >= 0.3 is 0 Å². The van der Waals surface area contributed by atoms with Crippen LogP contribution in [0.1, 0.15) is 34.4 Å². The number of aromatic nitrogens is 4. The van der Waals surface area contributed by atoms with Crippen molar-refractivity contribution in [3.8, 4) is 0 Å². The third-order valence-corrected chi connectivity index (χ3v) is 4.48. The Morgan fingerprint density at radius 1 is 1.24 bits per heavy atom. The molecule has 1 aliphatic rings. The lowest BCUT2D eigenvalue weighted by Gasteiger charge is -2.15. The van der Waals surface area contributed by atoms with E-state index in [1.54, 1.807) is 46.7 Å². The first-order chi connectivity index (χ1) is 10.3. The Kier molecular flexibility index (Phi) is 2.92. The number of nitrogens with zero attached hydrogens (tertiary/aromatic N) is 4. The molecule has 21 heavy (non-hydrogen) atoms. The molecule has 0 aromatic carbocycles. The second-order valence-electron chi connectivity index (χ2n) is 5.09. The summed E-state index contributed by atoms with van der Waals surface area (Å²) in [7, 11) is 0. The predicted octanol–water partition coefficient (Wildman–Crippen LogP) is 2.07. The lowest BCUT2D eigenvalue weighted by atomic mass is 10.2. The van der Waals surface area contributed by atoms with Crippen molar-refractivity contribution in [1.82, 2.24) is 24.7 Å². The van der Waals surface area contributed by atoms with Crippen LogP contribution < -0.4 is 5.32 Å². The minimum atomic E-state index is -0.195. The van der Waals surface area contributed by atoms with Crippen LogP contribution in [0.5, 0.6) is 0 Å². The van der Waals surface area contributed by atoms with E-state index in [2.05, 4.69) is 20.3 Å². The first-order valence-electron chi connectivity index (χ1n) is 6.81. The van der Waals surface area contributed by atoms with Crippen LogP contribution in [0.3, 0.4) is 0 Å². The lowest BCUT2D eigenvalue weighted by molar-refractivity contribution is 0.0928. The Balaban J connectivity index is 1.64. The van der Waals surface area contributed by atoms with Crippen molar-refractivity contribution in [3.05, 3.63) is 47.1 Å². The summed E-state index contributed by atoms with van der Waals surface area (Å²) in [6, 6.07) is -0.0190. The second-order valence-corrected chi connectivity index (χ2v) is 6.02. The summed E-state index contributed by atoms with van der Waals surface area (Å²) in [5, 5.41) is 5.97. The van der Waals surface area contributed by atoms with E-state index in [1.807, 2.05) is 5.38 Å². The largest absolute Gasteiger partial charge is 0.341 e. The van der Waals surface area contributed by atoms with E-state index in [4.69, 9.17) is 0 Å². The molecule has 0 unspecified atom stereocenters. The number of nitrogens with one attached hydrogen (secondary N) is 1. The Morgan fingerprint density at radius 2 is 2.05 bits per heavy atom. The van der Waals surface area contributed by atoms with Crippen LogP contribution in [-0.4, -0.2) is 25.3 Å². The van der Waals surface area contributed by atoms with E-state index >= 15 is 0 Å². The number of carbonyl (C=O) groups is 1. The standard InChI is InChI=1S/C14H13N5OS/c20-13(11-12-16-4-7-19(12)6-3-15-11)18-10(9-1-2-9)14-17-5-8-21-14/h3-10H,1-2H2,(H,18,20)/t10-/m0/s1. The molecule has 4 rings (SSSR count). The van der Waals surface area contributed by atoms with Crippen LogP contribution >= 0.6 is 11.3 Å². The van der Waals surface area contributed by atoms with Gasteiger partial charge in [-0.2, -0.15) is 0 Å². The van der Waals surface area contributed by atoms with Gasteiger partial charge in [-0.05, 0) is 18.8 Å². The zero-order chi connectivity index (χ0) is 14.2. The van der Waals surface area contributed by atoms with E-state index in [1.165, 1.54) is 0 Å². The molecule has 3 aromatic rings. The molecule has 1 atom stereocenters. The third kappa shape index (κ3) is 2.29. The fourth-order valence-electron chi connectivity index (χ4n) is 2.42. The minimum Gasteiger partial charge on any atom is -0.341 e. The molecule has 0 spiro atoms. The number of amides is 1. The molecule has 0 saturated heterocycles. The number of imidazole rings is 1. The van der Waals surface area contributed by atoms with Gasteiger partial charge in [0, 0.05) is 36.4 Å². The zero-order valence-electron chi connectivity index (χ0n) is 11.1. The highest BCUT2D eigenvalue weighted by Gasteiger charge is 2.35. The number of fused-ring (bicyclic) bond motifs is 1. The van der Waals surface area contributed by atoms with Crippen molar-refractivity contribution in [1.29, 1.82) is 0 Å². The number of thiazole rings is 1. The summed E-state index contributed by atoms with van der Waals surface area (Å²) in [6.07, 6.45) is 10.9. The van der Waals surface area contributed by atoms with Crippen LogP contribution in [-0.2, 0) is 0 Å². The van der Waals surface area contributed by atoms with Crippen LogP contribution in [0, 0.1) is 5.92 Å². The summed E-state index contributed by atoms with van der Waals surface area (Å²) in [5.74, 6) is 0.290. The van der Waals surface area contributed by atoms with Gasteiger partial charge in [0.1, 0.15) is 5.01 Å². The Morgan fingerprint density at radius 3 is 2.76 bits per heavy atom. The lowest BCUT2D eigenvalue weighted by Crippen LogP contribution is -2.30. The zero-order valence-corrected chi connectivity index (χ0v) is 12.0. The smallest absolute Gasteiger partial charge is 0.274 e. The van der Waals surface area contributed by atoms with E-state index < -0.39 is 0 Å². The molecule has 7 heteroatoms. The highest BCUT2D eigenvalue weighted by molar-refractivity contribution is 7.09. The molecule has 0 bridgehead atoms. The number of carbonyl (C=O) groups excluding carboxylic acids is 1. The number of rotatable bonds is 4. The molecular formula is C14H13N5OS. The Labute approximate surface area is 124 Å². The first-order valence-corrected chi connectivity index (χ1v) is 7.69.